The molecule has 8 heteroatoms. The fraction of sp³-hybridized carbons (Fsp3) is 0.545. The van der Waals surface area contributed by atoms with Crippen molar-refractivity contribution in [2.45, 2.75) is 24.0 Å². The first-order chi connectivity index (χ1) is 9.15. The second-order valence-electron chi connectivity index (χ2n) is 4.69. The van der Waals surface area contributed by atoms with Crippen LogP contribution in [0.3, 0.4) is 0 Å². The van der Waals surface area contributed by atoms with Crippen LogP contribution >= 0.6 is 23.1 Å². The Morgan fingerprint density at radius 3 is 3.05 bits per heavy atom. The van der Waals surface area contributed by atoms with Crippen LogP contribution in [-0.2, 0) is 0 Å². The van der Waals surface area contributed by atoms with E-state index in [2.05, 4.69) is 16.6 Å². The van der Waals surface area contributed by atoms with Gasteiger partial charge in [0.25, 0.3) is 4.96 Å². The largest absolute Gasteiger partial charge is 0.372 e. The molecule has 2 aromatic heterocycles. The van der Waals surface area contributed by atoms with E-state index in [1.54, 1.807) is 11.6 Å². The Hall–Kier alpha value is -1.28. The van der Waals surface area contributed by atoms with Crippen LogP contribution in [0, 0.1) is 10.1 Å². The molecule has 1 saturated carbocycles. The Balaban J connectivity index is 1.86. The summed E-state index contributed by atoms with van der Waals surface area (Å²) in [6.07, 6.45) is 7.35. The molecular weight excluding hydrogens is 284 g/mol. The fourth-order valence-corrected chi connectivity index (χ4v) is 3.96. The zero-order valence-electron chi connectivity index (χ0n) is 10.5. The maximum Gasteiger partial charge on any atom is 0.372 e. The summed E-state index contributed by atoms with van der Waals surface area (Å²) in [6, 6.07) is 0. The van der Waals surface area contributed by atoms with Crippen LogP contribution in [-0.4, -0.2) is 31.9 Å². The number of hydrogen-bond donors (Lipinski definition) is 1. The Bertz CT molecular complexity index is 612. The van der Waals surface area contributed by atoms with E-state index in [0.29, 0.717) is 10.8 Å². The minimum atomic E-state index is -0.373. The highest BCUT2D eigenvalue weighted by Crippen LogP contribution is 2.43. The molecule has 2 heterocycles. The van der Waals surface area contributed by atoms with Gasteiger partial charge in [0.05, 0.1) is 0 Å². The van der Waals surface area contributed by atoms with Gasteiger partial charge in [-0.3, -0.25) is 0 Å². The number of nitrogens with one attached hydrogen (secondary N) is 1. The molecule has 3 rings (SSSR count). The molecule has 0 saturated heterocycles. The van der Waals surface area contributed by atoms with Crippen LogP contribution in [0.15, 0.2) is 11.6 Å². The number of imidazole rings is 1. The molecule has 0 spiro atoms. The van der Waals surface area contributed by atoms with Gasteiger partial charge in [-0.25, -0.2) is 0 Å². The number of rotatable bonds is 5. The summed E-state index contributed by atoms with van der Waals surface area (Å²) in [5, 5.41) is 16.2. The van der Waals surface area contributed by atoms with E-state index in [1.807, 2.05) is 11.8 Å². The molecule has 0 bridgehead atoms. The molecule has 1 aliphatic rings. The summed E-state index contributed by atoms with van der Waals surface area (Å²) >= 11 is 3.24. The van der Waals surface area contributed by atoms with Crippen LogP contribution in [0.25, 0.3) is 4.96 Å². The summed E-state index contributed by atoms with van der Waals surface area (Å²) in [5.74, 6) is 0.420. The zero-order chi connectivity index (χ0) is 13.5. The highest BCUT2D eigenvalue weighted by Gasteiger charge is 2.37. The Labute approximate surface area is 118 Å². The van der Waals surface area contributed by atoms with Crippen molar-refractivity contribution in [3.63, 3.8) is 0 Å². The van der Waals surface area contributed by atoms with Gasteiger partial charge < -0.3 is 15.4 Å². The van der Waals surface area contributed by atoms with Crippen LogP contribution in [0.1, 0.15) is 19.3 Å². The SMILES string of the molecule is CSC1(CNc2nc3sccn3c2[N+](=O)[O-])CCC1. The van der Waals surface area contributed by atoms with E-state index >= 15 is 0 Å². The van der Waals surface area contributed by atoms with E-state index in [4.69, 9.17) is 0 Å². The molecule has 0 radical (unpaired) electrons. The average molecular weight is 298 g/mol. The van der Waals surface area contributed by atoms with Gasteiger partial charge in [0.15, 0.2) is 0 Å². The van der Waals surface area contributed by atoms with E-state index in [1.165, 1.54) is 22.2 Å². The normalized spacial score (nSPS) is 17.3. The first-order valence-electron chi connectivity index (χ1n) is 6.04. The maximum atomic E-state index is 11.2. The predicted molar refractivity (Wildman–Crippen MR) is 78.3 cm³/mol. The molecule has 6 nitrogen and oxygen atoms in total. The first-order valence-corrected chi connectivity index (χ1v) is 8.15. The van der Waals surface area contributed by atoms with Crippen LogP contribution in [0.2, 0.25) is 0 Å². The molecule has 19 heavy (non-hydrogen) atoms. The molecule has 1 N–H and O–H groups in total. The number of fused-ring (bicyclic) bond motifs is 1. The van der Waals surface area contributed by atoms with Gasteiger partial charge in [-0.2, -0.15) is 21.1 Å². The van der Waals surface area contributed by atoms with Gasteiger partial charge in [0.1, 0.15) is 6.20 Å². The third-order valence-electron chi connectivity index (χ3n) is 3.69. The molecular formula is C11H14N4O2S2. The quantitative estimate of drug-likeness (QED) is 0.678. The number of anilines is 1. The number of hydrogen-bond acceptors (Lipinski definition) is 6. The topological polar surface area (TPSA) is 72.5 Å². The van der Waals surface area contributed by atoms with Crippen LogP contribution in [0.4, 0.5) is 11.6 Å². The number of thiazole rings is 1. The molecule has 102 valence electrons. The van der Waals surface area contributed by atoms with Crippen molar-refractivity contribution in [3.05, 3.63) is 21.7 Å². The Morgan fingerprint density at radius 1 is 1.68 bits per heavy atom. The molecule has 0 amide bonds. The molecule has 0 atom stereocenters. The minimum absolute atomic E-state index is 0.0341. The number of nitro groups is 1. The van der Waals surface area contributed by atoms with Crippen molar-refractivity contribution < 1.29 is 4.92 Å². The number of nitrogens with zero attached hydrogens (tertiary/aromatic N) is 3. The molecule has 0 unspecified atom stereocenters. The first kappa shape index (κ1) is 12.7. The summed E-state index contributed by atoms with van der Waals surface area (Å²) in [4.78, 5) is 15.8. The third kappa shape index (κ3) is 2.08. The van der Waals surface area contributed by atoms with E-state index in [-0.39, 0.29) is 15.5 Å². The van der Waals surface area contributed by atoms with Crippen molar-refractivity contribution in [3.8, 4) is 0 Å². The van der Waals surface area contributed by atoms with E-state index < -0.39 is 0 Å². The van der Waals surface area contributed by atoms with Crippen molar-refractivity contribution >= 4 is 39.7 Å². The standard InChI is InChI=1S/C11H14N4O2S2/c1-18-11(3-2-4-11)7-12-8-9(15(16)17)14-5-6-19-10(14)13-8/h5-6,12H,2-4,7H2,1H3. The predicted octanol–water partition coefficient (Wildman–Crippen LogP) is 3.00. The monoisotopic (exact) mass is 298 g/mol. The van der Waals surface area contributed by atoms with Gasteiger partial charge in [-0.05, 0) is 24.0 Å². The summed E-state index contributed by atoms with van der Waals surface area (Å²) < 4.78 is 1.75. The van der Waals surface area contributed by atoms with Crippen molar-refractivity contribution in [1.82, 2.24) is 9.38 Å². The van der Waals surface area contributed by atoms with Crippen LogP contribution < -0.4 is 5.32 Å². The van der Waals surface area contributed by atoms with Crippen molar-refractivity contribution in [1.29, 1.82) is 0 Å². The summed E-state index contributed by atoms with van der Waals surface area (Å²) in [5.41, 5.74) is 0. The second kappa shape index (κ2) is 4.68. The van der Waals surface area contributed by atoms with Gasteiger partial charge >= 0.3 is 5.82 Å². The lowest BCUT2D eigenvalue weighted by atomic mass is 9.84. The van der Waals surface area contributed by atoms with Crippen LogP contribution in [0.5, 0.6) is 0 Å². The van der Waals surface area contributed by atoms with E-state index in [9.17, 15) is 10.1 Å². The molecule has 0 aromatic carbocycles. The Kier molecular flexibility index (Phi) is 3.14. The molecule has 1 aliphatic carbocycles. The maximum absolute atomic E-state index is 11.2. The van der Waals surface area contributed by atoms with Gasteiger partial charge in [0.2, 0.25) is 5.82 Å². The fourth-order valence-electron chi connectivity index (χ4n) is 2.34. The van der Waals surface area contributed by atoms with Gasteiger partial charge in [0, 0.05) is 16.7 Å². The lowest BCUT2D eigenvalue weighted by molar-refractivity contribution is -0.389. The van der Waals surface area contributed by atoms with Gasteiger partial charge in [-0.15, -0.1) is 0 Å². The van der Waals surface area contributed by atoms with Gasteiger partial charge in [-0.1, -0.05) is 17.8 Å². The lowest BCUT2D eigenvalue weighted by Gasteiger charge is -2.40. The second-order valence-corrected chi connectivity index (χ2v) is 6.84. The minimum Gasteiger partial charge on any atom is -0.362 e. The van der Waals surface area contributed by atoms with E-state index in [0.717, 1.165) is 19.4 Å². The third-order valence-corrected chi connectivity index (χ3v) is 5.86. The Morgan fingerprint density at radius 2 is 2.47 bits per heavy atom. The number of aromatic nitrogens is 2. The molecule has 2 aromatic rings. The van der Waals surface area contributed by atoms with Crippen molar-refractivity contribution in [2.24, 2.45) is 0 Å². The summed E-state index contributed by atoms with van der Waals surface area (Å²) in [6.45, 7) is 0.736. The summed E-state index contributed by atoms with van der Waals surface area (Å²) in [7, 11) is 0. The lowest BCUT2D eigenvalue weighted by Crippen LogP contribution is -2.40. The highest BCUT2D eigenvalue weighted by atomic mass is 32.2. The average Bonchev–Trinajstić information content (AvgIpc) is 2.87. The highest BCUT2D eigenvalue weighted by molar-refractivity contribution is 8.00. The zero-order valence-corrected chi connectivity index (χ0v) is 12.1. The number of thioether (sulfide) groups is 1. The molecule has 1 fully saturated rings. The molecule has 0 aliphatic heterocycles. The smallest absolute Gasteiger partial charge is 0.362 e. The van der Waals surface area contributed by atoms with Crippen molar-refractivity contribution in [2.75, 3.05) is 18.1 Å².